The third-order valence-electron chi connectivity index (χ3n) is 5.94. The topological polar surface area (TPSA) is 133 Å². The third-order valence-corrected chi connectivity index (χ3v) is 5.94. The maximum atomic E-state index is 12.6. The van der Waals surface area contributed by atoms with E-state index in [4.69, 9.17) is 0 Å². The summed E-state index contributed by atoms with van der Waals surface area (Å²) in [5.41, 5.74) is 3.73. The number of nitrogens with zero attached hydrogens (tertiary/aromatic N) is 2. The molecule has 0 aliphatic heterocycles. The molecule has 0 heterocycles. The van der Waals surface area contributed by atoms with E-state index in [-0.39, 0.29) is 30.8 Å². The average Bonchev–Trinajstić information content (AvgIpc) is 2.95. The Labute approximate surface area is 225 Å². The summed E-state index contributed by atoms with van der Waals surface area (Å²) in [5, 5.41) is 5.59. The molecule has 3 aromatic rings. The van der Waals surface area contributed by atoms with Crippen LogP contribution in [0.1, 0.15) is 38.8 Å². The molecular formula is C29H28N4O6. The molecule has 0 saturated heterocycles. The minimum Gasteiger partial charge on any atom is -0.322 e. The zero-order valence-corrected chi connectivity index (χ0v) is 21.3. The zero-order valence-electron chi connectivity index (χ0n) is 21.3. The van der Waals surface area contributed by atoms with Gasteiger partial charge in [-0.3, -0.25) is 38.6 Å². The molecular weight excluding hydrogens is 500 g/mol. The van der Waals surface area contributed by atoms with Crippen molar-refractivity contribution in [3.8, 4) is 0 Å². The van der Waals surface area contributed by atoms with Crippen LogP contribution < -0.4 is 10.6 Å². The van der Waals surface area contributed by atoms with Gasteiger partial charge >= 0.3 is 0 Å². The number of hydrogen-bond donors (Lipinski definition) is 2. The zero-order chi connectivity index (χ0) is 28.2. The first-order chi connectivity index (χ1) is 18.8. The van der Waals surface area contributed by atoms with Gasteiger partial charge in [-0.1, -0.05) is 24.3 Å². The van der Waals surface area contributed by atoms with Crippen molar-refractivity contribution in [1.82, 2.24) is 9.80 Å². The van der Waals surface area contributed by atoms with E-state index in [0.717, 1.165) is 20.9 Å². The fourth-order valence-corrected chi connectivity index (χ4v) is 3.61. The van der Waals surface area contributed by atoms with E-state index in [1.165, 1.54) is 6.92 Å². The van der Waals surface area contributed by atoms with Gasteiger partial charge in [-0.2, -0.15) is 0 Å². The number of amides is 6. The summed E-state index contributed by atoms with van der Waals surface area (Å²) in [6, 6.07) is 20.4. The standard InChI is InChI=1S/C29H28N4O6/c1-21(37)33(20-36)17-15-23-4-12-27(13-5-23)31-29(39)25-8-6-24(7-9-25)28(38)30-26-10-2-22(3-11-26)14-16-32(18-34)19-35/h2-13,18-20H,14-17H2,1H3,(H,30,38)(H,31,39). The number of carbonyl (C=O) groups is 6. The van der Waals surface area contributed by atoms with Crippen LogP contribution in [0.15, 0.2) is 72.8 Å². The van der Waals surface area contributed by atoms with Gasteiger partial charge in [0.15, 0.2) is 0 Å². The molecule has 0 atom stereocenters. The number of rotatable bonds is 13. The van der Waals surface area contributed by atoms with E-state index in [9.17, 15) is 28.8 Å². The minimum atomic E-state index is -0.337. The van der Waals surface area contributed by atoms with Crippen molar-refractivity contribution in [3.05, 3.63) is 95.1 Å². The second-order valence-electron chi connectivity index (χ2n) is 8.65. The molecule has 0 aliphatic rings. The molecule has 3 rings (SSSR count). The largest absolute Gasteiger partial charge is 0.322 e. The molecule has 0 bridgehead atoms. The van der Waals surface area contributed by atoms with Crippen molar-refractivity contribution >= 4 is 48.3 Å². The number of benzene rings is 3. The Kier molecular flexibility index (Phi) is 10.2. The number of imide groups is 2. The van der Waals surface area contributed by atoms with Crippen LogP contribution in [0.3, 0.4) is 0 Å². The van der Waals surface area contributed by atoms with Crippen molar-refractivity contribution < 1.29 is 28.8 Å². The molecule has 0 unspecified atom stereocenters. The first-order valence-corrected chi connectivity index (χ1v) is 12.1. The van der Waals surface area contributed by atoms with E-state index in [1.807, 2.05) is 12.1 Å². The van der Waals surface area contributed by atoms with Crippen LogP contribution in [0.2, 0.25) is 0 Å². The van der Waals surface area contributed by atoms with Gasteiger partial charge in [-0.25, -0.2) is 0 Å². The van der Waals surface area contributed by atoms with Gasteiger partial charge in [-0.05, 0) is 72.5 Å². The van der Waals surface area contributed by atoms with Gasteiger partial charge < -0.3 is 10.6 Å². The van der Waals surface area contributed by atoms with Crippen LogP contribution in [0.25, 0.3) is 0 Å². The van der Waals surface area contributed by atoms with Crippen LogP contribution in [-0.2, 0) is 32.0 Å². The molecule has 2 N–H and O–H groups in total. The highest BCUT2D eigenvalue weighted by Gasteiger charge is 2.11. The second kappa shape index (κ2) is 14.0. The molecule has 39 heavy (non-hydrogen) atoms. The maximum Gasteiger partial charge on any atom is 0.255 e. The first kappa shape index (κ1) is 28.5. The molecule has 0 spiro atoms. The van der Waals surface area contributed by atoms with E-state index < -0.39 is 0 Å². The summed E-state index contributed by atoms with van der Waals surface area (Å²) in [5.74, 6) is -0.989. The molecule has 10 heteroatoms. The second-order valence-corrected chi connectivity index (χ2v) is 8.65. The van der Waals surface area contributed by atoms with Crippen molar-refractivity contribution in [2.45, 2.75) is 19.8 Å². The van der Waals surface area contributed by atoms with E-state index in [1.54, 1.807) is 60.7 Å². The van der Waals surface area contributed by atoms with Crippen molar-refractivity contribution in [2.24, 2.45) is 0 Å². The molecule has 0 fully saturated rings. The Morgan fingerprint density at radius 2 is 1.03 bits per heavy atom. The number of carbonyl (C=O) groups excluding carboxylic acids is 6. The third kappa shape index (κ3) is 8.46. The monoisotopic (exact) mass is 528 g/mol. The lowest BCUT2D eigenvalue weighted by atomic mass is 10.1. The quantitative estimate of drug-likeness (QED) is 0.328. The Hall–Kier alpha value is -5.12. The predicted molar refractivity (Wildman–Crippen MR) is 145 cm³/mol. The number of anilines is 2. The molecule has 0 aromatic heterocycles. The van der Waals surface area contributed by atoms with E-state index in [2.05, 4.69) is 10.6 Å². The highest BCUT2D eigenvalue weighted by Crippen LogP contribution is 2.15. The lowest BCUT2D eigenvalue weighted by molar-refractivity contribution is -0.136. The highest BCUT2D eigenvalue weighted by atomic mass is 16.2. The summed E-state index contributed by atoms with van der Waals surface area (Å²) < 4.78 is 0. The van der Waals surface area contributed by atoms with Crippen LogP contribution in [0.5, 0.6) is 0 Å². The molecule has 0 aliphatic carbocycles. The predicted octanol–water partition coefficient (Wildman–Crippen LogP) is 2.90. The molecule has 3 aromatic carbocycles. The van der Waals surface area contributed by atoms with Gasteiger partial charge in [-0.15, -0.1) is 0 Å². The fourth-order valence-electron chi connectivity index (χ4n) is 3.61. The van der Waals surface area contributed by atoms with Crippen molar-refractivity contribution in [2.75, 3.05) is 23.7 Å². The van der Waals surface area contributed by atoms with Crippen LogP contribution in [0.4, 0.5) is 11.4 Å². The van der Waals surface area contributed by atoms with E-state index >= 15 is 0 Å². The number of nitrogens with one attached hydrogen (secondary N) is 2. The molecule has 0 radical (unpaired) electrons. The smallest absolute Gasteiger partial charge is 0.255 e. The first-order valence-electron chi connectivity index (χ1n) is 12.1. The lowest BCUT2D eigenvalue weighted by Crippen LogP contribution is -2.29. The minimum absolute atomic E-state index is 0.271. The Morgan fingerprint density at radius 3 is 1.38 bits per heavy atom. The molecule has 10 nitrogen and oxygen atoms in total. The Balaban J connectivity index is 1.51. The maximum absolute atomic E-state index is 12.6. The molecule has 6 amide bonds. The summed E-state index contributed by atoms with van der Waals surface area (Å²) in [6.45, 7) is 1.88. The molecule has 0 saturated carbocycles. The highest BCUT2D eigenvalue weighted by molar-refractivity contribution is 6.07. The Morgan fingerprint density at radius 1 is 0.615 bits per heavy atom. The normalized spacial score (nSPS) is 10.2. The van der Waals surface area contributed by atoms with Gasteiger partial charge in [0, 0.05) is 42.5 Å². The summed E-state index contributed by atoms with van der Waals surface area (Å²) in [6.07, 6.45) is 2.45. The Bertz CT molecular complexity index is 1310. The van der Waals surface area contributed by atoms with Crippen molar-refractivity contribution in [3.63, 3.8) is 0 Å². The van der Waals surface area contributed by atoms with Gasteiger partial charge in [0.05, 0.1) is 0 Å². The van der Waals surface area contributed by atoms with Gasteiger partial charge in [0.1, 0.15) is 0 Å². The van der Waals surface area contributed by atoms with Gasteiger partial charge in [0.2, 0.25) is 25.1 Å². The SMILES string of the molecule is CC(=O)N(C=O)CCc1ccc(NC(=O)c2ccc(C(=O)Nc3ccc(CCN(C=O)C=O)cc3)cc2)cc1. The number of hydrogen-bond acceptors (Lipinski definition) is 6. The fraction of sp³-hybridized carbons (Fsp3) is 0.172. The average molecular weight is 529 g/mol. The summed E-state index contributed by atoms with van der Waals surface area (Å²) in [7, 11) is 0. The summed E-state index contributed by atoms with van der Waals surface area (Å²) >= 11 is 0. The lowest BCUT2D eigenvalue weighted by Gasteiger charge is -2.13. The van der Waals surface area contributed by atoms with Crippen LogP contribution in [0, 0.1) is 0 Å². The van der Waals surface area contributed by atoms with Crippen molar-refractivity contribution in [1.29, 1.82) is 0 Å². The van der Waals surface area contributed by atoms with Crippen LogP contribution in [-0.4, -0.2) is 59.8 Å². The van der Waals surface area contributed by atoms with Gasteiger partial charge in [0.25, 0.3) is 11.8 Å². The summed E-state index contributed by atoms with van der Waals surface area (Å²) in [4.78, 5) is 70.9. The molecule has 200 valence electrons. The van der Waals surface area contributed by atoms with E-state index in [0.29, 0.717) is 54.6 Å². The van der Waals surface area contributed by atoms with Crippen LogP contribution >= 0.6 is 0 Å².